The molecular formula is C12H15ClF3NO. The molecule has 0 saturated heterocycles. The number of aliphatic hydroxyl groups is 1. The van der Waals surface area contributed by atoms with Crippen LogP contribution in [0.5, 0.6) is 0 Å². The smallest absolute Gasteiger partial charge is 0.391 e. The monoisotopic (exact) mass is 281 g/mol. The topological polar surface area (TPSA) is 46.2 Å². The lowest BCUT2D eigenvalue weighted by molar-refractivity contribution is -0.137. The van der Waals surface area contributed by atoms with Crippen LogP contribution in [0.3, 0.4) is 0 Å². The van der Waals surface area contributed by atoms with E-state index in [9.17, 15) is 18.3 Å². The first kappa shape index (κ1) is 15.3. The molecule has 2 nitrogen and oxygen atoms in total. The number of hydrogen-bond donors (Lipinski definition) is 2. The van der Waals surface area contributed by atoms with Crippen LogP contribution in [-0.4, -0.2) is 11.2 Å². The van der Waals surface area contributed by atoms with Crippen LogP contribution in [0.25, 0.3) is 0 Å². The number of nitrogens with two attached hydrogens (primary N) is 1. The van der Waals surface area contributed by atoms with E-state index in [-0.39, 0.29) is 18.3 Å². The summed E-state index contributed by atoms with van der Waals surface area (Å²) >= 11 is 0. The van der Waals surface area contributed by atoms with Crippen LogP contribution in [0.2, 0.25) is 0 Å². The molecule has 2 rings (SSSR count). The zero-order valence-electron chi connectivity index (χ0n) is 9.52. The van der Waals surface area contributed by atoms with Gasteiger partial charge in [0.2, 0.25) is 0 Å². The first-order valence-electron chi connectivity index (χ1n) is 5.50. The Labute approximate surface area is 109 Å². The Morgan fingerprint density at radius 1 is 1.17 bits per heavy atom. The van der Waals surface area contributed by atoms with Gasteiger partial charge in [-0.25, -0.2) is 0 Å². The van der Waals surface area contributed by atoms with E-state index in [1.165, 1.54) is 12.1 Å². The first-order valence-corrected chi connectivity index (χ1v) is 5.50. The van der Waals surface area contributed by atoms with Crippen molar-refractivity contribution in [3.05, 3.63) is 35.4 Å². The average Bonchev–Trinajstić information content (AvgIpc) is 3.10. The fraction of sp³-hybridized carbons (Fsp3) is 0.500. The summed E-state index contributed by atoms with van der Waals surface area (Å²) in [4.78, 5) is 0. The summed E-state index contributed by atoms with van der Waals surface area (Å²) in [7, 11) is 0. The summed E-state index contributed by atoms with van der Waals surface area (Å²) in [5.74, 6) is 0.201. The highest BCUT2D eigenvalue weighted by Gasteiger charge is 2.35. The van der Waals surface area contributed by atoms with Gasteiger partial charge in [-0.1, -0.05) is 12.1 Å². The van der Waals surface area contributed by atoms with Crippen LogP contribution in [0, 0.1) is 5.92 Å². The number of aliphatic hydroxyl groups excluding tert-OH is 1. The lowest BCUT2D eigenvalue weighted by Crippen LogP contribution is -2.27. The molecule has 1 saturated carbocycles. The van der Waals surface area contributed by atoms with Crippen molar-refractivity contribution in [3.63, 3.8) is 0 Å². The van der Waals surface area contributed by atoms with E-state index in [1.54, 1.807) is 0 Å². The van der Waals surface area contributed by atoms with E-state index in [4.69, 9.17) is 5.73 Å². The van der Waals surface area contributed by atoms with Crippen LogP contribution in [0.15, 0.2) is 24.3 Å². The third kappa shape index (κ3) is 3.37. The van der Waals surface area contributed by atoms with Crippen molar-refractivity contribution in [2.24, 2.45) is 11.7 Å². The standard InChI is InChI=1S/C12H14F3NO.ClH/c13-12(14,15)9-5-3-7(4-6-9)10(16)11(17)8-1-2-8;/h3-6,8,10-11,17H,1-2,16H2;1H/t10-,11+;/m0./s1. The van der Waals surface area contributed by atoms with E-state index < -0.39 is 23.9 Å². The van der Waals surface area contributed by atoms with Gasteiger partial charge in [-0.15, -0.1) is 12.4 Å². The van der Waals surface area contributed by atoms with Gasteiger partial charge in [-0.05, 0) is 36.5 Å². The largest absolute Gasteiger partial charge is 0.416 e. The number of halogens is 4. The highest BCUT2D eigenvalue weighted by Crippen LogP contribution is 2.37. The minimum absolute atomic E-state index is 0. The first-order chi connectivity index (χ1) is 7.89. The molecule has 1 aliphatic carbocycles. The maximum atomic E-state index is 12.3. The lowest BCUT2D eigenvalue weighted by Gasteiger charge is -2.19. The molecule has 2 atom stereocenters. The number of hydrogen-bond acceptors (Lipinski definition) is 2. The van der Waals surface area contributed by atoms with Crippen molar-refractivity contribution < 1.29 is 18.3 Å². The highest BCUT2D eigenvalue weighted by atomic mass is 35.5. The maximum Gasteiger partial charge on any atom is 0.416 e. The Balaban J connectivity index is 0.00000162. The lowest BCUT2D eigenvalue weighted by atomic mass is 9.98. The Morgan fingerprint density at radius 2 is 1.67 bits per heavy atom. The molecule has 3 N–H and O–H groups in total. The van der Waals surface area contributed by atoms with Gasteiger partial charge in [0.25, 0.3) is 0 Å². The van der Waals surface area contributed by atoms with Crippen molar-refractivity contribution >= 4 is 12.4 Å². The molecule has 18 heavy (non-hydrogen) atoms. The number of alkyl halides is 3. The van der Waals surface area contributed by atoms with Gasteiger partial charge in [-0.2, -0.15) is 13.2 Å². The highest BCUT2D eigenvalue weighted by molar-refractivity contribution is 5.85. The molecule has 0 heterocycles. The maximum absolute atomic E-state index is 12.3. The van der Waals surface area contributed by atoms with Gasteiger partial charge in [0.15, 0.2) is 0 Å². The molecule has 6 heteroatoms. The van der Waals surface area contributed by atoms with E-state index >= 15 is 0 Å². The van der Waals surface area contributed by atoms with Crippen molar-refractivity contribution in [2.45, 2.75) is 31.2 Å². The molecule has 0 bridgehead atoms. The van der Waals surface area contributed by atoms with Gasteiger partial charge < -0.3 is 10.8 Å². The van der Waals surface area contributed by atoms with E-state index in [2.05, 4.69) is 0 Å². The van der Waals surface area contributed by atoms with Crippen LogP contribution in [0.4, 0.5) is 13.2 Å². The molecule has 0 radical (unpaired) electrons. The Hall–Kier alpha value is -0.780. The van der Waals surface area contributed by atoms with Gasteiger partial charge in [-0.3, -0.25) is 0 Å². The summed E-state index contributed by atoms with van der Waals surface area (Å²) in [6.45, 7) is 0. The molecule has 0 aliphatic heterocycles. The Morgan fingerprint density at radius 3 is 2.06 bits per heavy atom. The van der Waals surface area contributed by atoms with E-state index in [1.807, 2.05) is 0 Å². The molecule has 0 aromatic heterocycles. The van der Waals surface area contributed by atoms with Crippen molar-refractivity contribution in [1.29, 1.82) is 0 Å². The van der Waals surface area contributed by atoms with Crippen molar-refractivity contribution in [3.8, 4) is 0 Å². The van der Waals surface area contributed by atoms with Crippen LogP contribution in [-0.2, 0) is 6.18 Å². The second kappa shape index (κ2) is 5.47. The molecule has 0 spiro atoms. The van der Waals surface area contributed by atoms with Crippen LogP contribution in [0.1, 0.15) is 30.0 Å². The molecule has 1 aliphatic rings. The summed E-state index contributed by atoms with van der Waals surface area (Å²) in [5.41, 5.74) is 5.65. The van der Waals surface area contributed by atoms with Gasteiger partial charge >= 0.3 is 6.18 Å². The average molecular weight is 282 g/mol. The summed E-state index contributed by atoms with van der Waals surface area (Å²) in [5, 5.41) is 9.79. The summed E-state index contributed by atoms with van der Waals surface area (Å²) in [6, 6.07) is 4.05. The molecular weight excluding hydrogens is 267 g/mol. The molecule has 1 aromatic rings. The van der Waals surface area contributed by atoms with E-state index in [0.717, 1.165) is 25.0 Å². The van der Waals surface area contributed by atoms with Gasteiger partial charge in [0.1, 0.15) is 0 Å². The fourth-order valence-corrected chi connectivity index (χ4v) is 1.82. The third-order valence-electron chi connectivity index (χ3n) is 3.10. The predicted molar refractivity (Wildman–Crippen MR) is 64.4 cm³/mol. The fourth-order valence-electron chi connectivity index (χ4n) is 1.82. The predicted octanol–water partition coefficient (Wildman–Crippen LogP) is 2.90. The van der Waals surface area contributed by atoms with Crippen molar-refractivity contribution in [2.75, 3.05) is 0 Å². The zero-order chi connectivity index (χ0) is 12.6. The Bertz CT molecular complexity index is 389. The number of rotatable bonds is 3. The third-order valence-corrected chi connectivity index (χ3v) is 3.10. The second-order valence-electron chi connectivity index (χ2n) is 4.47. The summed E-state index contributed by atoms with van der Waals surface area (Å²) < 4.78 is 37.0. The van der Waals surface area contributed by atoms with Crippen molar-refractivity contribution in [1.82, 2.24) is 0 Å². The SMILES string of the molecule is Cl.N[C@@H](c1ccc(C(F)(F)F)cc1)[C@H](O)C1CC1. The number of benzene rings is 1. The normalized spacial score (nSPS) is 18.9. The minimum atomic E-state index is -4.34. The van der Waals surface area contributed by atoms with Crippen LogP contribution >= 0.6 is 12.4 Å². The quantitative estimate of drug-likeness (QED) is 0.895. The zero-order valence-corrected chi connectivity index (χ0v) is 10.3. The van der Waals surface area contributed by atoms with Crippen LogP contribution < -0.4 is 5.73 Å². The summed E-state index contributed by atoms with van der Waals surface area (Å²) in [6.07, 6.45) is -3.12. The van der Waals surface area contributed by atoms with Gasteiger partial charge in [0, 0.05) is 0 Å². The molecule has 0 unspecified atom stereocenters. The molecule has 1 aromatic carbocycles. The Kier molecular flexibility index (Phi) is 4.64. The van der Waals surface area contributed by atoms with E-state index in [0.29, 0.717) is 5.56 Å². The second-order valence-corrected chi connectivity index (χ2v) is 4.47. The molecule has 102 valence electrons. The van der Waals surface area contributed by atoms with Gasteiger partial charge in [0.05, 0.1) is 17.7 Å². The minimum Gasteiger partial charge on any atom is -0.391 e. The molecule has 0 amide bonds. The molecule has 1 fully saturated rings.